The Morgan fingerprint density at radius 3 is 2.38 bits per heavy atom. The molecule has 1 aliphatic carbocycles. The van der Waals surface area contributed by atoms with E-state index < -0.39 is 0 Å². The molecule has 0 aromatic heterocycles. The first-order valence-electron chi connectivity index (χ1n) is 8.90. The number of nitrogens with zero attached hydrogens (tertiary/aromatic N) is 2. The van der Waals surface area contributed by atoms with Gasteiger partial charge in [0, 0.05) is 31.7 Å². The summed E-state index contributed by atoms with van der Waals surface area (Å²) in [5.74, 6) is 0.736. The van der Waals surface area contributed by atoms with E-state index in [1.165, 1.54) is 32.4 Å². The smallest absolute Gasteiger partial charge is 0.0274 e. The molecule has 0 spiro atoms. The van der Waals surface area contributed by atoms with E-state index in [-0.39, 0.29) is 0 Å². The van der Waals surface area contributed by atoms with Crippen LogP contribution in [-0.4, -0.2) is 62.2 Å². The van der Waals surface area contributed by atoms with Gasteiger partial charge in [-0.25, -0.2) is 0 Å². The molecule has 0 radical (unpaired) electrons. The minimum Gasteiger partial charge on any atom is -0.312 e. The first-order valence-corrected chi connectivity index (χ1v) is 8.90. The largest absolute Gasteiger partial charge is 0.312 e. The third-order valence-corrected chi connectivity index (χ3v) is 4.87. The standard InChI is InChI=1S/C18H39N3/c1-8-19-17-16(10-9-11-18(17,4)5)21(14-15(2)3)13-12-20(6)7/h15-17,19H,8-14H2,1-7H3. The summed E-state index contributed by atoms with van der Waals surface area (Å²) in [6.45, 7) is 16.5. The van der Waals surface area contributed by atoms with Gasteiger partial charge in [0.25, 0.3) is 0 Å². The van der Waals surface area contributed by atoms with Crippen LogP contribution in [0.15, 0.2) is 0 Å². The van der Waals surface area contributed by atoms with Crippen LogP contribution in [0.3, 0.4) is 0 Å². The molecule has 3 heteroatoms. The predicted octanol–water partition coefficient (Wildman–Crippen LogP) is 3.06. The van der Waals surface area contributed by atoms with Crippen molar-refractivity contribution in [3.8, 4) is 0 Å². The van der Waals surface area contributed by atoms with E-state index in [2.05, 4.69) is 63.8 Å². The van der Waals surface area contributed by atoms with Gasteiger partial charge in [0.1, 0.15) is 0 Å². The van der Waals surface area contributed by atoms with E-state index in [0.29, 0.717) is 17.5 Å². The number of hydrogen-bond donors (Lipinski definition) is 1. The van der Waals surface area contributed by atoms with E-state index in [0.717, 1.165) is 19.0 Å². The molecule has 0 aromatic carbocycles. The van der Waals surface area contributed by atoms with Gasteiger partial charge in [0.2, 0.25) is 0 Å². The zero-order chi connectivity index (χ0) is 16.0. The van der Waals surface area contributed by atoms with Crippen LogP contribution < -0.4 is 5.32 Å². The Morgan fingerprint density at radius 2 is 1.86 bits per heavy atom. The fourth-order valence-electron chi connectivity index (χ4n) is 3.83. The summed E-state index contributed by atoms with van der Waals surface area (Å²) in [6.07, 6.45) is 4.07. The zero-order valence-electron chi connectivity index (χ0n) is 15.6. The van der Waals surface area contributed by atoms with Crippen molar-refractivity contribution in [1.29, 1.82) is 0 Å². The van der Waals surface area contributed by atoms with Gasteiger partial charge >= 0.3 is 0 Å². The molecule has 0 aromatic rings. The van der Waals surface area contributed by atoms with Gasteiger partial charge in [-0.15, -0.1) is 0 Å². The van der Waals surface area contributed by atoms with Crippen LogP contribution in [0.5, 0.6) is 0 Å². The molecule has 126 valence electrons. The van der Waals surface area contributed by atoms with Crippen molar-refractivity contribution in [3.05, 3.63) is 0 Å². The third kappa shape index (κ3) is 5.88. The second kappa shape index (κ2) is 8.50. The number of hydrogen-bond acceptors (Lipinski definition) is 3. The molecular weight excluding hydrogens is 258 g/mol. The van der Waals surface area contributed by atoms with E-state index in [4.69, 9.17) is 0 Å². The van der Waals surface area contributed by atoms with Crippen LogP contribution in [0.1, 0.15) is 53.9 Å². The second-order valence-electron chi connectivity index (χ2n) is 8.18. The van der Waals surface area contributed by atoms with E-state index in [9.17, 15) is 0 Å². The molecule has 1 rings (SSSR count). The van der Waals surface area contributed by atoms with Gasteiger partial charge in [-0.2, -0.15) is 0 Å². The van der Waals surface area contributed by atoms with E-state index in [1.807, 2.05) is 0 Å². The van der Waals surface area contributed by atoms with Crippen molar-refractivity contribution in [2.45, 2.75) is 66.0 Å². The minimum atomic E-state index is 0.409. The van der Waals surface area contributed by atoms with Gasteiger partial charge in [0.05, 0.1) is 0 Å². The molecule has 3 nitrogen and oxygen atoms in total. The molecule has 1 saturated carbocycles. The molecule has 0 heterocycles. The minimum absolute atomic E-state index is 0.409. The Kier molecular flexibility index (Phi) is 7.66. The summed E-state index contributed by atoms with van der Waals surface area (Å²) in [6, 6.07) is 1.31. The van der Waals surface area contributed by atoms with Crippen LogP contribution in [0.2, 0.25) is 0 Å². The van der Waals surface area contributed by atoms with Crippen LogP contribution in [-0.2, 0) is 0 Å². The molecule has 2 atom stereocenters. The first-order chi connectivity index (χ1) is 9.77. The molecule has 21 heavy (non-hydrogen) atoms. The normalized spacial score (nSPS) is 26.0. The highest BCUT2D eigenvalue weighted by Crippen LogP contribution is 2.38. The van der Waals surface area contributed by atoms with E-state index in [1.54, 1.807) is 0 Å². The highest BCUT2D eigenvalue weighted by Gasteiger charge is 2.40. The molecular formula is C18H39N3. The Labute approximate surface area is 133 Å². The lowest BCUT2D eigenvalue weighted by Gasteiger charge is -2.49. The van der Waals surface area contributed by atoms with Crippen LogP contribution in [0.25, 0.3) is 0 Å². The molecule has 1 aliphatic rings. The number of rotatable bonds is 8. The average Bonchev–Trinajstić information content (AvgIpc) is 2.36. The van der Waals surface area contributed by atoms with Crippen molar-refractivity contribution < 1.29 is 0 Å². The molecule has 0 bridgehead atoms. The lowest BCUT2D eigenvalue weighted by atomic mass is 9.70. The Hall–Kier alpha value is -0.120. The topological polar surface area (TPSA) is 18.5 Å². The summed E-state index contributed by atoms with van der Waals surface area (Å²) in [4.78, 5) is 5.07. The molecule has 0 saturated heterocycles. The lowest BCUT2D eigenvalue weighted by molar-refractivity contribution is 0.0391. The van der Waals surface area contributed by atoms with Crippen LogP contribution in [0, 0.1) is 11.3 Å². The maximum atomic E-state index is 3.81. The maximum absolute atomic E-state index is 3.81. The summed E-state index contributed by atoms with van der Waals surface area (Å²) in [5, 5.41) is 3.81. The fraction of sp³-hybridized carbons (Fsp3) is 1.00. The van der Waals surface area contributed by atoms with Crippen molar-refractivity contribution in [1.82, 2.24) is 15.1 Å². The van der Waals surface area contributed by atoms with Crippen molar-refractivity contribution >= 4 is 0 Å². The predicted molar refractivity (Wildman–Crippen MR) is 93.8 cm³/mol. The van der Waals surface area contributed by atoms with Gasteiger partial charge in [0.15, 0.2) is 0 Å². The monoisotopic (exact) mass is 297 g/mol. The first kappa shape index (κ1) is 18.9. The van der Waals surface area contributed by atoms with Gasteiger partial charge in [-0.05, 0) is 44.8 Å². The lowest BCUT2D eigenvalue weighted by Crippen LogP contribution is -2.60. The quantitative estimate of drug-likeness (QED) is 0.743. The summed E-state index contributed by atoms with van der Waals surface area (Å²) >= 11 is 0. The molecule has 1 N–H and O–H groups in total. The van der Waals surface area contributed by atoms with Crippen molar-refractivity contribution in [2.24, 2.45) is 11.3 Å². The van der Waals surface area contributed by atoms with Gasteiger partial charge in [-0.3, -0.25) is 4.90 Å². The molecule has 2 unspecified atom stereocenters. The third-order valence-electron chi connectivity index (χ3n) is 4.87. The van der Waals surface area contributed by atoms with E-state index >= 15 is 0 Å². The Morgan fingerprint density at radius 1 is 1.19 bits per heavy atom. The van der Waals surface area contributed by atoms with Crippen molar-refractivity contribution in [3.63, 3.8) is 0 Å². The molecule has 0 amide bonds. The average molecular weight is 298 g/mol. The summed E-state index contributed by atoms with van der Waals surface area (Å²) < 4.78 is 0. The molecule has 0 aliphatic heterocycles. The maximum Gasteiger partial charge on any atom is 0.0274 e. The zero-order valence-corrected chi connectivity index (χ0v) is 15.6. The van der Waals surface area contributed by atoms with Crippen LogP contribution in [0.4, 0.5) is 0 Å². The SMILES string of the molecule is CCNC1C(N(CCN(C)C)CC(C)C)CCCC1(C)C. The number of likely N-dealkylation sites (N-methyl/N-ethyl adjacent to an activating group) is 2. The van der Waals surface area contributed by atoms with Gasteiger partial charge < -0.3 is 10.2 Å². The Bertz CT molecular complexity index is 286. The highest BCUT2D eigenvalue weighted by atomic mass is 15.2. The number of nitrogens with one attached hydrogen (secondary N) is 1. The van der Waals surface area contributed by atoms with Crippen LogP contribution >= 0.6 is 0 Å². The highest BCUT2D eigenvalue weighted by molar-refractivity contribution is 4.98. The summed E-state index contributed by atoms with van der Waals surface area (Å²) in [7, 11) is 4.36. The molecule has 1 fully saturated rings. The van der Waals surface area contributed by atoms with Gasteiger partial charge in [-0.1, -0.05) is 41.0 Å². The van der Waals surface area contributed by atoms with Crippen molar-refractivity contribution in [2.75, 3.05) is 40.3 Å². The second-order valence-corrected chi connectivity index (χ2v) is 8.18. The Balaban J connectivity index is 2.84. The fourth-order valence-corrected chi connectivity index (χ4v) is 3.83. The summed E-state index contributed by atoms with van der Waals surface area (Å²) in [5.41, 5.74) is 0.409.